The number of nitrogens with one attached hydrogen (secondary N) is 1. The molecule has 1 amide bonds. The van der Waals surface area contributed by atoms with Gasteiger partial charge in [-0.25, -0.2) is 0 Å². The molecule has 0 aliphatic carbocycles. The third kappa shape index (κ3) is 3.55. The Labute approximate surface area is 115 Å². The molecule has 1 saturated heterocycles. The van der Waals surface area contributed by atoms with Gasteiger partial charge < -0.3 is 10.2 Å². The van der Waals surface area contributed by atoms with Gasteiger partial charge in [0.2, 0.25) is 0 Å². The first-order valence-electron chi connectivity index (χ1n) is 6.82. The summed E-state index contributed by atoms with van der Waals surface area (Å²) in [5.74, 6) is -0.00210. The predicted octanol–water partition coefficient (Wildman–Crippen LogP) is 1.10. The standard InChI is InChI=1S/C15H23N3O/c1-12-4-5-13(10-14(12)15(19)16-2)11-18-8-6-17(3)7-9-18/h4-5,10H,6-9,11H2,1-3H3,(H,16,19). The van der Waals surface area contributed by atoms with Gasteiger partial charge in [-0.15, -0.1) is 0 Å². The number of benzene rings is 1. The highest BCUT2D eigenvalue weighted by molar-refractivity contribution is 5.95. The number of carbonyl (C=O) groups excluding carboxylic acids is 1. The maximum Gasteiger partial charge on any atom is 0.251 e. The lowest BCUT2D eigenvalue weighted by Gasteiger charge is -2.32. The maximum atomic E-state index is 11.8. The molecule has 1 aliphatic rings. The van der Waals surface area contributed by atoms with E-state index in [-0.39, 0.29) is 5.91 Å². The lowest BCUT2D eigenvalue weighted by molar-refractivity contribution is 0.0962. The second kappa shape index (κ2) is 6.17. The number of aryl methyl sites for hydroxylation is 1. The zero-order valence-electron chi connectivity index (χ0n) is 12.1. The Hall–Kier alpha value is -1.39. The van der Waals surface area contributed by atoms with Crippen molar-refractivity contribution in [3.8, 4) is 0 Å². The van der Waals surface area contributed by atoms with E-state index in [0.29, 0.717) is 0 Å². The second-order valence-electron chi connectivity index (χ2n) is 5.31. The molecule has 1 N–H and O–H groups in total. The Balaban J connectivity index is 2.06. The van der Waals surface area contributed by atoms with Crippen LogP contribution in [0, 0.1) is 6.92 Å². The molecular formula is C15H23N3O. The molecule has 1 aromatic rings. The Kier molecular flexibility index (Phi) is 4.56. The van der Waals surface area contributed by atoms with Gasteiger partial charge in [-0.05, 0) is 31.2 Å². The number of piperazine rings is 1. The number of nitrogens with zero attached hydrogens (tertiary/aromatic N) is 2. The molecule has 19 heavy (non-hydrogen) atoms. The molecular weight excluding hydrogens is 238 g/mol. The largest absolute Gasteiger partial charge is 0.355 e. The molecule has 4 nitrogen and oxygen atoms in total. The van der Waals surface area contributed by atoms with E-state index in [2.05, 4.69) is 28.2 Å². The SMILES string of the molecule is CNC(=O)c1cc(CN2CCN(C)CC2)ccc1C. The van der Waals surface area contributed by atoms with E-state index in [1.165, 1.54) is 5.56 Å². The van der Waals surface area contributed by atoms with Crippen LogP contribution in [0.1, 0.15) is 21.5 Å². The molecule has 2 rings (SSSR count). The van der Waals surface area contributed by atoms with Crippen molar-refractivity contribution in [2.75, 3.05) is 40.3 Å². The van der Waals surface area contributed by atoms with Crippen LogP contribution in [0.4, 0.5) is 0 Å². The summed E-state index contributed by atoms with van der Waals surface area (Å²) in [5, 5.41) is 2.70. The molecule has 0 unspecified atom stereocenters. The van der Waals surface area contributed by atoms with E-state index in [1.807, 2.05) is 19.1 Å². The van der Waals surface area contributed by atoms with Crippen LogP contribution in [-0.2, 0) is 6.54 Å². The van der Waals surface area contributed by atoms with Gasteiger partial charge in [0.1, 0.15) is 0 Å². The van der Waals surface area contributed by atoms with Crippen molar-refractivity contribution in [2.24, 2.45) is 0 Å². The molecule has 0 aromatic heterocycles. The Morgan fingerprint density at radius 2 is 1.95 bits per heavy atom. The van der Waals surface area contributed by atoms with Crippen LogP contribution < -0.4 is 5.32 Å². The number of likely N-dealkylation sites (N-methyl/N-ethyl adjacent to an activating group) is 1. The minimum Gasteiger partial charge on any atom is -0.355 e. The Morgan fingerprint density at radius 1 is 1.26 bits per heavy atom. The van der Waals surface area contributed by atoms with Crippen LogP contribution in [0.15, 0.2) is 18.2 Å². The highest BCUT2D eigenvalue weighted by Crippen LogP contribution is 2.14. The average molecular weight is 261 g/mol. The van der Waals surface area contributed by atoms with Gasteiger partial charge in [0, 0.05) is 45.3 Å². The zero-order valence-corrected chi connectivity index (χ0v) is 12.1. The topological polar surface area (TPSA) is 35.6 Å². The minimum atomic E-state index is -0.00210. The fourth-order valence-corrected chi connectivity index (χ4v) is 2.41. The second-order valence-corrected chi connectivity index (χ2v) is 5.31. The van der Waals surface area contributed by atoms with E-state index in [0.717, 1.165) is 43.9 Å². The van der Waals surface area contributed by atoms with E-state index >= 15 is 0 Å². The summed E-state index contributed by atoms with van der Waals surface area (Å²) < 4.78 is 0. The van der Waals surface area contributed by atoms with Crippen LogP contribution in [0.25, 0.3) is 0 Å². The number of hydrogen-bond donors (Lipinski definition) is 1. The van der Waals surface area contributed by atoms with Crippen molar-refractivity contribution in [2.45, 2.75) is 13.5 Å². The quantitative estimate of drug-likeness (QED) is 0.885. The molecule has 0 radical (unpaired) electrons. The van der Waals surface area contributed by atoms with Gasteiger partial charge in [-0.1, -0.05) is 12.1 Å². The van der Waals surface area contributed by atoms with Crippen LogP contribution >= 0.6 is 0 Å². The van der Waals surface area contributed by atoms with Crippen LogP contribution in [0.5, 0.6) is 0 Å². The first-order valence-corrected chi connectivity index (χ1v) is 6.82. The summed E-state index contributed by atoms with van der Waals surface area (Å²) >= 11 is 0. The number of carbonyl (C=O) groups is 1. The lowest BCUT2D eigenvalue weighted by atomic mass is 10.0. The summed E-state index contributed by atoms with van der Waals surface area (Å²) in [6.07, 6.45) is 0. The third-order valence-corrected chi connectivity index (χ3v) is 3.78. The molecule has 0 bridgehead atoms. The molecule has 0 spiro atoms. The van der Waals surface area contributed by atoms with Crippen molar-refractivity contribution in [3.05, 3.63) is 34.9 Å². The molecule has 0 saturated carbocycles. The van der Waals surface area contributed by atoms with E-state index in [9.17, 15) is 4.79 Å². The number of hydrogen-bond acceptors (Lipinski definition) is 3. The smallest absolute Gasteiger partial charge is 0.251 e. The van der Waals surface area contributed by atoms with Gasteiger partial charge in [0.25, 0.3) is 5.91 Å². The van der Waals surface area contributed by atoms with Crippen molar-refractivity contribution < 1.29 is 4.79 Å². The molecule has 4 heteroatoms. The van der Waals surface area contributed by atoms with Crippen LogP contribution in [0.2, 0.25) is 0 Å². The molecule has 1 aromatic carbocycles. The first kappa shape index (κ1) is 14.0. The van der Waals surface area contributed by atoms with E-state index in [1.54, 1.807) is 7.05 Å². The molecule has 1 aliphatic heterocycles. The van der Waals surface area contributed by atoms with Gasteiger partial charge in [0.05, 0.1) is 0 Å². The molecule has 1 fully saturated rings. The van der Waals surface area contributed by atoms with Gasteiger partial charge in [-0.2, -0.15) is 0 Å². The van der Waals surface area contributed by atoms with E-state index < -0.39 is 0 Å². The van der Waals surface area contributed by atoms with Crippen molar-refractivity contribution in [1.82, 2.24) is 15.1 Å². The minimum absolute atomic E-state index is 0.00210. The fraction of sp³-hybridized carbons (Fsp3) is 0.533. The van der Waals surface area contributed by atoms with Gasteiger partial charge in [0.15, 0.2) is 0 Å². The highest BCUT2D eigenvalue weighted by atomic mass is 16.1. The van der Waals surface area contributed by atoms with Gasteiger partial charge >= 0.3 is 0 Å². The first-order chi connectivity index (χ1) is 9.10. The third-order valence-electron chi connectivity index (χ3n) is 3.78. The number of amides is 1. The molecule has 0 atom stereocenters. The summed E-state index contributed by atoms with van der Waals surface area (Å²) in [4.78, 5) is 16.6. The Morgan fingerprint density at radius 3 is 2.58 bits per heavy atom. The van der Waals surface area contributed by atoms with Crippen molar-refractivity contribution in [1.29, 1.82) is 0 Å². The monoisotopic (exact) mass is 261 g/mol. The fourth-order valence-electron chi connectivity index (χ4n) is 2.41. The highest BCUT2D eigenvalue weighted by Gasteiger charge is 2.15. The zero-order chi connectivity index (χ0) is 13.8. The van der Waals surface area contributed by atoms with E-state index in [4.69, 9.17) is 0 Å². The van der Waals surface area contributed by atoms with Crippen LogP contribution in [-0.4, -0.2) is 56.0 Å². The lowest BCUT2D eigenvalue weighted by Crippen LogP contribution is -2.43. The average Bonchev–Trinajstić information content (AvgIpc) is 2.42. The maximum absolute atomic E-state index is 11.8. The summed E-state index contributed by atoms with van der Waals surface area (Å²) in [5.41, 5.74) is 3.03. The molecule has 1 heterocycles. The van der Waals surface area contributed by atoms with Crippen molar-refractivity contribution in [3.63, 3.8) is 0 Å². The summed E-state index contributed by atoms with van der Waals surface area (Å²) in [7, 11) is 3.84. The predicted molar refractivity (Wildman–Crippen MR) is 77.3 cm³/mol. The summed E-state index contributed by atoms with van der Waals surface area (Å²) in [6, 6.07) is 6.18. The molecule has 104 valence electrons. The van der Waals surface area contributed by atoms with Gasteiger partial charge in [-0.3, -0.25) is 9.69 Å². The number of rotatable bonds is 3. The van der Waals surface area contributed by atoms with Crippen LogP contribution in [0.3, 0.4) is 0 Å². The Bertz CT molecular complexity index is 451. The summed E-state index contributed by atoms with van der Waals surface area (Å²) in [6.45, 7) is 7.34. The normalized spacial score (nSPS) is 17.4. The van der Waals surface area contributed by atoms with Crippen molar-refractivity contribution >= 4 is 5.91 Å².